The van der Waals surface area contributed by atoms with Gasteiger partial charge in [-0.3, -0.25) is 0 Å². The predicted octanol–water partition coefficient (Wildman–Crippen LogP) is 1.80. The van der Waals surface area contributed by atoms with E-state index < -0.39 is 29.6 Å². The maximum atomic E-state index is 13.5. The zero-order valence-corrected chi connectivity index (χ0v) is 12.0. The number of alkyl carbamates (subject to hydrolysis) is 1. The van der Waals surface area contributed by atoms with E-state index >= 15 is 0 Å². The van der Waals surface area contributed by atoms with Crippen molar-refractivity contribution in [1.82, 2.24) is 5.32 Å². The average Bonchev–Trinajstić information content (AvgIpc) is 2.35. The van der Waals surface area contributed by atoms with Crippen LogP contribution in [0.4, 0.5) is 25.0 Å². The van der Waals surface area contributed by atoms with Gasteiger partial charge >= 0.3 is 6.09 Å². The fourth-order valence-electron chi connectivity index (χ4n) is 1.42. The Labute approximate surface area is 121 Å². The summed E-state index contributed by atoms with van der Waals surface area (Å²) in [4.78, 5) is 11.4. The van der Waals surface area contributed by atoms with Crippen LogP contribution in [0.15, 0.2) is 12.1 Å². The smallest absolute Gasteiger partial charge is 0.407 e. The van der Waals surface area contributed by atoms with Gasteiger partial charge in [-0.2, -0.15) is 0 Å². The monoisotopic (exact) mass is 303 g/mol. The van der Waals surface area contributed by atoms with E-state index in [1.165, 1.54) is 0 Å². The first kappa shape index (κ1) is 17.0. The van der Waals surface area contributed by atoms with Crippen LogP contribution >= 0.6 is 0 Å². The van der Waals surface area contributed by atoms with E-state index in [2.05, 4.69) is 10.6 Å². The minimum Gasteiger partial charge on any atom is -0.444 e. The van der Waals surface area contributed by atoms with Crippen LogP contribution in [0, 0.1) is 11.6 Å². The molecule has 1 aromatic carbocycles. The molecule has 1 rings (SSSR count). The maximum absolute atomic E-state index is 13.5. The lowest BCUT2D eigenvalue weighted by Crippen LogP contribution is -2.39. The number of nitrogen functional groups attached to an aromatic ring is 1. The molecular weight excluding hydrogens is 284 g/mol. The topological polar surface area (TPSA) is 96.6 Å². The van der Waals surface area contributed by atoms with Crippen LogP contribution in [-0.2, 0) is 4.74 Å². The highest BCUT2D eigenvalue weighted by molar-refractivity contribution is 5.68. The van der Waals surface area contributed by atoms with Gasteiger partial charge in [-0.15, -0.1) is 0 Å². The molecule has 0 aliphatic rings. The largest absolute Gasteiger partial charge is 0.444 e. The van der Waals surface area contributed by atoms with Crippen LogP contribution in [0.1, 0.15) is 20.8 Å². The molecule has 5 N–H and O–H groups in total. The van der Waals surface area contributed by atoms with Crippen molar-refractivity contribution in [3.63, 3.8) is 0 Å². The molecule has 0 aliphatic carbocycles. The normalized spacial score (nSPS) is 12.7. The summed E-state index contributed by atoms with van der Waals surface area (Å²) in [5.41, 5.74) is 4.37. The molecule has 1 amide bonds. The van der Waals surface area contributed by atoms with Gasteiger partial charge in [0.15, 0.2) is 11.6 Å². The number of nitrogens with one attached hydrogen (secondary N) is 2. The number of nitrogens with two attached hydrogens (primary N) is 1. The lowest BCUT2D eigenvalue weighted by atomic mass is 10.2. The van der Waals surface area contributed by atoms with Crippen molar-refractivity contribution in [1.29, 1.82) is 0 Å². The van der Waals surface area contributed by atoms with E-state index in [1.807, 2.05) is 0 Å². The van der Waals surface area contributed by atoms with Crippen molar-refractivity contribution in [2.75, 3.05) is 17.6 Å². The van der Waals surface area contributed by atoms with E-state index in [-0.39, 0.29) is 17.9 Å². The van der Waals surface area contributed by atoms with E-state index in [0.29, 0.717) is 0 Å². The molecule has 6 nitrogen and oxygen atoms in total. The summed E-state index contributed by atoms with van der Waals surface area (Å²) in [5, 5.41) is 14.2. The molecule has 1 aromatic rings. The highest BCUT2D eigenvalue weighted by Crippen LogP contribution is 2.24. The Hall–Kier alpha value is -2.09. The van der Waals surface area contributed by atoms with Crippen molar-refractivity contribution in [2.24, 2.45) is 0 Å². The summed E-state index contributed by atoms with van der Waals surface area (Å²) in [6, 6.07) is 2.04. The van der Waals surface area contributed by atoms with Gasteiger partial charge in [0.1, 0.15) is 11.8 Å². The van der Waals surface area contributed by atoms with Crippen LogP contribution < -0.4 is 16.4 Å². The Bertz CT molecular complexity index is 518. The van der Waals surface area contributed by atoms with Crippen LogP contribution in [-0.4, -0.2) is 29.6 Å². The SMILES string of the molecule is CC(C)(C)OC(=O)NCC(O)Nc1c(N)ccc(F)c1F. The van der Waals surface area contributed by atoms with Crippen molar-refractivity contribution in [2.45, 2.75) is 32.6 Å². The summed E-state index contributed by atoms with van der Waals surface area (Å²) in [7, 11) is 0. The van der Waals surface area contributed by atoms with E-state index in [4.69, 9.17) is 10.5 Å². The molecule has 0 radical (unpaired) electrons. The molecule has 0 aromatic heterocycles. The number of benzene rings is 1. The van der Waals surface area contributed by atoms with Gasteiger partial charge in [0, 0.05) is 0 Å². The van der Waals surface area contributed by atoms with Gasteiger partial charge in [-0.25, -0.2) is 13.6 Å². The van der Waals surface area contributed by atoms with Crippen LogP contribution in [0.2, 0.25) is 0 Å². The average molecular weight is 303 g/mol. The summed E-state index contributed by atoms with van der Waals surface area (Å²) in [6.07, 6.45) is -2.10. The van der Waals surface area contributed by atoms with Gasteiger partial charge in [-0.05, 0) is 32.9 Å². The Kier molecular flexibility index (Phi) is 5.31. The number of rotatable bonds is 4. The first-order chi connectivity index (χ1) is 9.60. The number of hydrogen-bond acceptors (Lipinski definition) is 5. The molecule has 0 saturated heterocycles. The van der Waals surface area contributed by atoms with Gasteiger partial charge in [0.05, 0.1) is 17.9 Å². The van der Waals surface area contributed by atoms with Crippen LogP contribution in [0.25, 0.3) is 0 Å². The second kappa shape index (κ2) is 6.57. The summed E-state index contributed by atoms with van der Waals surface area (Å²) in [6.45, 7) is 4.78. The number of hydrogen-bond donors (Lipinski definition) is 4. The Morgan fingerprint density at radius 1 is 1.43 bits per heavy atom. The third-order valence-corrected chi connectivity index (χ3v) is 2.28. The maximum Gasteiger partial charge on any atom is 0.407 e. The highest BCUT2D eigenvalue weighted by atomic mass is 19.2. The number of carbonyl (C=O) groups is 1. The van der Waals surface area contributed by atoms with Gasteiger partial charge in [-0.1, -0.05) is 0 Å². The predicted molar refractivity (Wildman–Crippen MR) is 74.6 cm³/mol. The molecule has 1 unspecified atom stereocenters. The van der Waals surface area contributed by atoms with Crippen molar-refractivity contribution < 1.29 is 23.4 Å². The molecule has 0 bridgehead atoms. The minimum absolute atomic E-state index is 0.0646. The number of halogens is 2. The Morgan fingerprint density at radius 3 is 2.62 bits per heavy atom. The summed E-state index contributed by atoms with van der Waals surface area (Å²) < 4.78 is 31.5. The van der Waals surface area contributed by atoms with Crippen molar-refractivity contribution in [3.8, 4) is 0 Å². The van der Waals surface area contributed by atoms with Crippen molar-refractivity contribution >= 4 is 17.5 Å². The molecule has 118 valence electrons. The number of anilines is 2. The summed E-state index contributed by atoms with van der Waals surface area (Å²) in [5.74, 6) is -2.30. The lowest BCUT2D eigenvalue weighted by Gasteiger charge is -2.21. The molecule has 0 heterocycles. The third kappa shape index (κ3) is 5.42. The van der Waals surface area contributed by atoms with Crippen molar-refractivity contribution in [3.05, 3.63) is 23.8 Å². The first-order valence-electron chi connectivity index (χ1n) is 6.25. The molecule has 1 atom stereocenters. The molecule has 0 fully saturated rings. The van der Waals surface area contributed by atoms with Gasteiger partial charge in [0.25, 0.3) is 0 Å². The van der Waals surface area contributed by atoms with E-state index in [0.717, 1.165) is 12.1 Å². The second-order valence-corrected chi connectivity index (χ2v) is 5.37. The Morgan fingerprint density at radius 2 is 2.05 bits per heavy atom. The highest BCUT2D eigenvalue weighted by Gasteiger charge is 2.18. The molecule has 0 spiro atoms. The fraction of sp³-hybridized carbons (Fsp3) is 0.462. The van der Waals surface area contributed by atoms with Crippen LogP contribution in [0.5, 0.6) is 0 Å². The quantitative estimate of drug-likeness (QED) is 0.502. The number of amides is 1. The second-order valence-electron chi connectivity index (χ2n) is 5.37. The van der Waals surface area contributed by atoms with E-state index in [9.17, 15) is 18.7 Å². The fourth-order valence-corrected chi connectivity index (χ4v) is 1.42. The summed E-state index contributed by atoms with van der Waals surface area (Å²) >= 11 is 0. The Balaban J connectivity index is 2.57. The third-order valence-electron chi connectivity index (χ3n) is 2.28. The molecule has 8 heteroatoms. The molecule has 0 saturated carbocycles. The minimum atomic E-state index is -1.36. The van der Waals surface area contributed by atoms with Gasteiger partial charge < -0.3 is 26.2 Å². The number of aliphatic hydroxyl groups is 1. The molecule has 0 aliphatic heterocycles. The molecular formula is C13H19F2N3O3. The van der Waals surface area contributed by atoms with Crippen LogP contribution in [0.3, 0.4) is 0 Å². The standard InChI is InChI=1S/C13H19F2N3O3/c1-13(2,3)21-12(20)17-6-9(19)18-11-8(16)5-4-7(14)10(11)15/h4-5,9,18-19H,6,16H2,1-3H3,(H,17,20). The lowest BCUT2D eigenvalue weighted by molar-refractivity contribution is 0.0500. The molecule has 21 heavy (non-hydrogen) atoms. The number of ether oxygens (including phenoxy) is 1. The first-order valence-corrected chi connectivity index (χ1v) is 6.25. The zero-order valence-electron chi connectivity index (χ0n) is 12.0. The van der Waals surface area contributed by atoms with Gasteiger partial charge in [0.2, 0.25) is 0 Å². The van der Waals surface area contributed by atoms with E-state index in [1.54, 1.807) is 20.8 Å². The zero-order chi connectivity index (χ0) is 16.2. The number of aliphatic hydroxyl groups excluding tert-OH is 1. The number of carbonyl (C=O) groups excluding carboxylic acids is 1.